The number of aromatic nitrogens is 2. The molecular weight excluding hydrogens is 307 g/mol. The van der Waals surface area contributed by atoms with E-state index in [1.165, 1.54) is 6.07 Å². The number of nitrogens with zero attached hydrogens (tertiary/aromatic N) is 3. The molecular formula is C16H16F3N3O. The fourth-order valence-electron chi connectivity index (χ4n) is 2.85. The Hall–Kier alpha value is -2.15. The van der Waals surface area contributed by atoms with Crippen LogP contribution in [0.2, 0.25) is 0 Å². The lowest BCUT2D eigenvalue weighted by molar-refractivity contribution is -0.137. The molecule has 0 aliphatic carbocycles. The van der Waals surface area contributed by atoms with E-state index in [9.17, 15) is 18.3 Å². The average molecular weight is 323 g/mol. The molecule has 1 aliphatic heterocycles. The molecule has 1 aromatic heterocycles. The van der Waals surface area contributed by atoms with Crippen LogP contribution >= 0.6 is 0 Å². The molecule has 1 saturated heterocycles. The normalized spacial score (nSPS) is 21.7. The van der Waals surface area contributed by atoms with Gasteiger partial charge in [-0.05, 0) is 37.1 Å². The Bertz CT molecular complexity index is 705. The predicted octanol–water partition coefficient (Wildman–Crippen LogP) is 3.12. The van der Waals surface area contributed by atoms with Gasteiger partial charge in [0.15, 0.2) is 0 Å². The van der Waals surface area contributed by atoms with Crippen molar-refractivity contribution >= 4 is 5.95 Å². The third-order valence-corrected chi connectivity index (χ3v) is 3.92. The molecule has 2 atom stereocenters. The van der Waals surface area contributed by atoms with Gasteiger partial charge in [-0.25, -0.2) is 9.97 Å². The van der Waals surface area contributed by atoms with E-state index in [-0.39, 0.29) is 6.04 Å². The van der Waals surface area contributed by atoms with Crippen molar-refractivity contribution in [2.45, 2.75) is 31.7 Å². The van der Waals surface area contributed by atoms with Crippen LogP contribution in [0.5, 0.6) is 0 Å². The van der Waals surface area contributed by atoms with Crippen molar-refractivity contribution in [3.05, 3.63) is 53.3 Å². The van der Waals surface area contributed by atoms with Crippen molar-refractivity contribution in [2.75, 3.05) is 11.4 Å². The lowest BCUT2D eigenvalue weighted by Crippen LogP contribution is -2.26. The Labute approximate surface area is 131 Å². The van der Waals surface area contributed by atoms with Crippen LogP contribution in [0.25, 0.3) is 0 Å². The third-order valence-electron chi connectivity index (χ3n) is 3.92. The summed E-state index contributed by atoms with van der Waals surface area (Å²) in [5.41, 5.74) is 0.571. The van der Waals surface area contributed by atoms with Crippen LogP contribution in [0.4, 0.5) is 19.1 Å². The molecule has 4 nitrogen and oxygen atoms in total. The molecule has 2 aromatic rings. The van der Waals surface area contributed by atoms with Gasteiger partial charge in [-0.1, -0.05) is 12.1 Å². The molecule has 0 spiro atoms. The van der Waals surface area contributed by atoms with Crippen LogP contribution in [0.3, 0.4) is 0 Å². The quantitative estimate of drug-likeness (QED) is 0.922. The number of hydrogen-bond acceptors (Lipinski definition) is 4. The summed E-state index contributed by atoms with van der Waals surface area (Å²) in [5, 5.41) is 9.97. The minimum absolute atomic E-state index is 0.296. The van der Waals surface area contributed by atoms with Gasteiger partial charge in [-0.3, -0.25) is 0 Å². The van der Waals surface area contributed by atoms with E-state index in [4.69, 9.17) is 0 Å². The van der Waals surface area contributed by atoms with Crippen LogP contribution in [0.1, 0.15) is 29.3 Å². The zero-order chi connectivity index (χ0) is 16.6. The molecule has 0 amide bonds. The van der Waals surface area contributed by atoms with Crippen LogP contribution in [-0.4, -0.2) is 27.7 Å². The molecule has 0 saturated carbocycles. The van der Waals surface area contributed by atoms with Crippen LogP contribution in [-0.2, 0) is 6.18 Å². The molecule has 0 radical (unpaired) electrons. The van der Waals surface area contributed by atoms with Crippen molar-refractivity contribution < 1.29 is 18.3 Å². The highest BCUT2D eigenvalue weighted by Crippen LogP contribution is 2.37. The maximum Gasteiger partial charge on any atom is 0.416 e. The summed E-state index contributed by atoms with van der Waals surface area (Å²) in [6.07, 6.45) is -3.07. The number of aryl methyl sites for hydroxylation is 1. The zero-order valence-corrected chi connectivity index (χ0v) is 12.5. The number of anilines is 1. The van der Waals surface area contributed by atoms with E-state index in [0.717, 1.165) is 17.8 Å². The van der Waals surface area contributed by atoms with Gasteiger partial charge in [-0.2, -0.15) is 13.2 Å². The Morgan fingerprint density at radius 2 is 2.04 bits per heavy atom. The predicted molar refractivity (Wildman–Crippen MR) is 78.9 cm³/mol. The van der Waals surface area contributed by atoms with Gasteiger partial charge in [0.25, 0.3) is 0 Å². The van der Waals surface area contributed by atoms with Crippen molar-refractivity contribution in [3.63, 3.8) is 0 Å². The highest BCUT2D eigenvalue weighted by molar-refractivity contribution is 5.41. The first kappa shape index (κ1) is 15.7. The number of aliphatic hydroxyl groups excluding tert-OH is 1. The fourth-order valence-corrected chi connectivity index (χ4v) is 2.85. The number of rotatable bonds is 2. The molecule has 23 heavy (non-hydrogen) atoms. The molecule has 1 aromatic carbocycles. The number of alkyl halides is 3. The Balaban J connectivity index is 1.97. The summed E-state index contributed by atoms with van der Waals surface area (Å²) in [6, 6.07) is 6.57. The molecule has 1 N–H and O–H groups in total. The summed E-state index contributed by atoms with van der Waals surface area (Å²) >= 11 is 0. The molecule has 122 valence electrons. The maximum absolute atomic E-state index is 12.9. The Morgan fingerprint density at radius 3 is 2.74 bits per heavy atom. The van der Waals surface area contributed by atoms with Crippen LogP contribution in [0, 0.1) is 6.92 Å². The van der Waals surface area contributed by atoms with E-state index in [0.29, 0.717) is 24.5 Å². The second-order valence-electron chi connectivity index (χ2n) is 5.68. The van der Waals surface area contributed by atoms with Crippen LogP contribution in [0.15, 0.2) is 36.5 Å². The fraction of sp³-hybridized carbons (Fsp3) is 0.375. The first-order chi connectivity index (χ1) is 10.8. The second-order valence-corrected chi connectivity index (χ2v) is 5.68. The number of β-amino-alcohol motifs (C(OH)–C–C–N with tert-alkyl or cyclic N) is 1. The van der Waals surface area contributed by atoms with Crippen LogP contribution < -0.4 is 4.90 Å². The van der Waals surface area contributed by atoms with E-state index >= 15 is 0 Å². The summed E-state index contributed by atoms with van der Waals surface area (Å²) < 4.78 is 38.8. The number of halogens is 3. The minimum atomic E-state index is -4.39. The lowest BCUT2D eigenvalue weighted by Gasteiger charge is -2.25. The molecule has 3 rings (SSSR count). The Morgan fingerprint density at radius 1 is 1.26 bits per heavy atom. The van der Waals surface area contributed by atoms with E-state index in [1.54, 1.807) is 23.2 Å². The summed E-state index contributed by atoms with van der Waals surface area (Å²) in [5.74, 6) is 0.420. The lowest BCUT2D eigenvalue weighted by atomic mass is 10.0. The van der Waals surface area contributed by atoms with E-state index in [1.807, 2.05) is 6.92 Å². The van der Waals surface area contributed by atoms with Crippen molar-refractivity contribution in [3.8, 4) is 0 Å². The van der Waals surface area contributed by atoms with E-state index in [2.05, 4.69) is 9.97 Å². The van der Waals surface area contributed by atoms with Crippen molar-refractivity contribution in [1.29, 1.82) is 0 Å². The third kappa shape index (κ3) is 3.29. The smallest absolute Gasteiger partial charge is 0.391 e. The largest absolute Gasteiger partial charge is 0.416 e. The molecule has 0 unspecified atom stereocenters. The Kier molecular flexibility index (Phi) is 3.97. The minimum Gasteiger partial charge on any atom is -0.391 e. The standard InChI is InChI=1S/C16H16F3N3O/c1-10-5-6-20-15(21-10)22-9-13(23)8-14(22)11-3-2-4-12(7-11)16(17,18)19/h2-7,13-14,23H,8-9H2,1H3/t13-,14-/m1/s1. The monoisotopic (exact) mass is 323 g/mol. The molecule has 0 bridgehead atoms. The molecule has 7 heteroatoms. The van der Waals surface area contributed by atoms with Gasteiger partial charge < -0.3 is 10.0 Å². The number of hydrogen-bond donors (Lipinski definition) is 1. The topological polar surface area (TPSA) is 49.2 Å². The van der Waals surface area contributed by atoms with Gasteiger partial charge in [0, 0.05) is 18.4 Å². The van der Waals surface area contributed by atoms with Gasteiger partial charge >= 0.3 is 6.18 Å². The van der Waals surface area contributed by atoms with Crippen molar-refractivity contribution in [2.24, 2.45) is 0 Å². The summed E-state index contributed by atoms with van der Waals surface area (Å²) in [6.45, 7) is 2.11. The summed E-state index contributed by atoms with van der Waals surface area (Å²) in [7, 11) is 0. The van der Waals surface area contributed by atoms with E-state index < -0.39 is 17.8 Å². The average Bonchev–Trinajstić information content (AvgIpc) is 2.89. The zero-order valence-electron chi connectivity index (χ0n) is 12.5. The highest BCUT2D eigenvalue weighted by Gasteiger charge is 2.36. The molecule has 1 fully saturated rings. The number of aliphatic hydroxyl groups is 1. The maximum atomic E-state index is 12.9. The van der Waals surface area contributed by atoms with Crippen molar-refractivity contribution in [1.82, 2.24) is 9.97 Å². The van der Waals surface area contributed by atoms with Gasteiger partial charge in [-0.15, -0.1) is 0 Å². The second kappa shape index (κ2) is 5.81. The summed E-state index contributed by atoms with van der Waals surface area (Å²) in [4.78, 5) is 10.3. The van der Waals surface area contributed by atoms with Gasteiger partial charge in [0.1, 0.15) is 0 Å². The van der Waals surface area contributed by atoms with Gasteiger partial charge in [0.05, 0.1) is 17.7 Å². The first-order valence-corrected chi connectivity index (χ1v) is 7.26. The molecule has 1 aliphatic rings. The first-order valence-electron chi connectivity index (χ1n) is 7.26. The number of benzene rings is 1. The molecule has 2 heterocycles. The highest BCUT2D eigenvalue weighted by atomic mass is 19.4. The SMILES string of the molecule is Cc1ccnc(N2C[C@H](O)C[C@@H]2c2cccc(C(F)(F)F)c2)n1. The van der Waals surface area contributed by atoms with Gasteiger partial charge in [0.2, 0.25) is 5.95 Å².